The van der Waals surface area contributed by atoms with Crippen molar-refractivity contribution in [3.8, 4) is 0 Å². The fraction of sp³-hybridized carbons (Fsp3) is 0.545. The van der Waals surface area contributed by atoms with Crippen LogP contribution in [0.3, 0.4) is 0 Å². The van der Waals surface area contributed by atoms with Crippen molar-refractivity contribution in [1.82, 2.24) is 25.1 Å². The van der Waals surface area contributed by atoms with Crippen molar-refractivity contribution in [3.05, 3.63) is 18.2 Å². The van der Waals surface area contributed by atoms with Crippen molar-refractivity contribution in [2.45, 2.75) is 0 Å². The van der Waals surface area contributed by atoms with Crippen LogP contribution in [0, 0.1) is 0 Å². The average molecular weight is 251 g/mol. The van der Waals surface area contributed by atoms with Gasteiger partial charge < -0.3 is 20.1 Å². The molecule has 7 nitrogen and oxygen atoms in total. The Bertz CT molecular complexity index is 436. The maximum Gasteiger partial charge on any atom is 0.287 e. The van der Waals surface area contributed by atoms with Gasteiger partial charge in [-0.15, -0.1) is 0 Å². The third-order valence-corrected chi connectivity index (χ3v) is 2.89. The number of piperazine rings is 1. The Morgan fingerprint density at radius 1 is 1.44 bits per heavy atom. The molecule has 0 aromatic carbocycles. The molecule has 18 heavy (non-hydrogen) atoms. The van der Waals surface area contributed by atoms with E-state index in [4.69, 9.17) is 0 Å². The second kappa shape index (κ2) is 5.63. The Balaban J connectivity index is 1.82. The average Bonchev–Trinajstić information content (AvgIpc) is 2.83. The minimum Gasteiger partial charge on any atom is -0.340 e. The molecule has 2 heterocycles. The van der Waals surface area contributed by atoms with Crippen LogP contribution < -0.4 is 10.6 Å². The third kappa shape index (κ3) is 2.86. The van der Waals surface area contributed by atoms with Gasteiger partial charge in [0.15, 0.2) is 5.82 Å². The lowest BCUT2D eigenvalue weighted by atomic mass is 10.3. The molecule has 2 N–H and O–H groups in total. The SMILES string of the molecule is Cn1ccnc1C(=O)NCC(=O)N1CCNCC1. The van der Waals surface area contributed by atoms with E-state index in [2.05, 4.69) is 15.6 Å². The normalized spacial score (nSPS) is 15.5. The summed E-state index contributed by atoms with van der Waals surface area (Å²) in [6.45, 7) is 3.01. The summed E-state index contributed by atoms with van der Waals surface area (Å²) in [6, 6.07) is 0. The molecule has 98 valence electrons. The van der Waals surface area contributed by atoms with Crippen molar-refractivity contribution in [3.63, 3.8) is 0 Å². The summed E-state index contributed by atoms with van der Waals surface area (Å²) < 4.78 is 1.62. The molecule has 0 spiro atoms. The number of nitrogens with one attached hydrogen (secondary N) is 2. The van der Waals surface area contributed by atoms with Gasteiger partial charge in [-0.25, -0.2) is 4.98 Å². The summed E-state index contributed by atoms with van der Waals surface area (Å²) in [7, 11) is 1.74. The van der Waals surface area contributed by atoms with E-state index in [1.807, 2.05) is 0 Å². The second-order valence-electron chi connectivity index (χ2n) is 4.18. The molecule has 0 radical (unpaired) electrons. The number of carbonyl (C=O) groups is 2. The van der Waals surface area contributed by atoms with Crippen molar-refractivity contribution < 1.29 is 9.59 Å². The Kier molecular flexibility index (Phi) is 3.93. The monoisotopic (exact) mass is 251 g/mol. The maximum atomic E-state index is 11.8. The van der Waals surface area contributed by atoms with Gasteiger partial charge >= 0.3 is 0 Å². The largest absolute Gasteiger partial charge is 0.340 e. The molecule has 2 amide bonds. The van der Waals surface area contributed by atoms with Gasteiger partial charge in [-0.3, -0.25) is 9.59 Å². The maximum absolute atomic E-state index is 11.8. The molecular weight excluding hydrogens is 234 g/mol. The molecular formula is C11H17N5O2. The number of hydrogen-bond donors (Lipinski definition) is 2. The summed E-state index contributed by atoms with van der Waals surface area (Å²) >= 11 is 0. The number of rotatable bonds is 3. The van der Waals surface area contributed by atoms with Crippen LogP contribution >= 0.6 is 0 Å². The minimum absolute atomic E-state index is 0.0195. The number of aromatic nitrogens is 2. The van der Waals surface area contributed by atoms with Gasteiger partial charge in [0.1, 0.15) is 0 Å². The van der Waals surface area contributed by atoms with Gasteiger partial charge in [0.05, 0.1) is 6.54 Å². The fourth-order valence-corrected chi connectivity index (χ4v) is 1.85. The van der Waals surface area contributed by atoms with E-state index in [0.717, 1.165) is 13.1 Å². The first kappa shape index (κ1) is 12.6. The highest BCUT2D eigenvalue weighted by Gasteiger charge is 2.18. The van der Waals surface area contributed by atoms with Crippen LogP contribution in [0.2, 0.25) is 0 Å². The summed E-state index contributed by atoms with van der Waals surface area (Å²) in [5.41, 5.74) is 0. The zero-order chi connectivity index (χ0) is 13.0. The predicted molar refractivity (Wildman–Crippen MR) is 65.0 cm³/mol. The van der Waals surface area contributed by atoms with Gasteiger partial charge in [-0.1, -0.05) is 0 Å². The Hall–Kier alpha value is -1.89. The van der Waals surface area contributed by atoms with E-state index >= 15 is 0 Å². The van der Waals surface area contributed by atoms with Gasteiger partial charge in [0.25, 0.3) is 5.91 Å². The van der Waals surface area contributed by atoms with Crippen LogP contribution in [0.5, 0.6) is 0 Å². The van der Waals surface area contributed by atoms with Gasteiger partial charge in [0.2, 0.25) is 5.91 Å². The lowest BCUT2D eigenvalue weighted by molar-refractivity contribution is -0.130. The van der Waals surface area contributed by atoms with Gasteiger partial charge in [0, 0.05) is 45.6 Å². The molecule has 1 aromatic rings. The molecule has 1 aliphatic rings. The summed E-state index contributed by atoms with van der Waals surface area (Å²) in [5.74, 6) is -0.0758. The number of imidazole rings is 1. The summed E-state index contributed by atoms with van der Waals surface area (Å²) in [6.07, 6.45) is 3.24. The zero-order valence-electron chi connectivity index (χ0n) is 10.3. The number of carbonyl (C=O) groups excluding carboxylic acids is 2. The van der Waals surface area contributed by atoms with E-state index in [9.17, 15) is 9.59 Å². The van der Waals surface area contributed by atoms with Crippen LogP contribution in [-0.2, 0) is 11.8 Å². The summed E-state index contributed by atoms with van der Waals surface area (Å²) in [5, 5.41) is 5.76. The van der Waals surface area contributed by atoms with E-state index in [1.54, 1.807) is 28.9 Å². The van der Waals surface area contributed by atoms with Crippen molar-refractivity contribution in [1.29, 1.82) is 0 Å². The molecule has 0 bridgehead atoms. The molecule has 0 unspecified atom stereocenters. The van der Waals surface area contributed by atoms with Crippen LogP contribution in [0.4, 0.5) is 0 Å². The predicted octanol–water partition coefficient (Wildman–Crippen LogP) is -1.42. The van der Waals surface area contributed by atoms with Crippen molar-refractivity contribution in [2.75, 3.05) is 32.7 Å². The molecule has 0 aliphatic carbocycles. The van der Waals surface area contributed by atoms with Gasteiger partial charge in [-0.2, -0.15) is 0 Å². The Morgan fingerprint density at radius 2 is 2.17 bits per heavy atom. The quantitative estimate of drug-likeness (QED) is 0.691. The lowest BCUT2D eigenvalue weighted by Gasteiger charge is -2.27. The second-order valence-corrected chi connectivity index (χ2v) is 4.18. The standard InChI is InChI=1S/C11H17N5O2/c1-15-5-4-13-10(15)11(18)14-8-9(17)16-6-2-12-3-7-16/h4-5,12H,2-3,6-8H2,1H3,(H,14,18). The Labute approximate surface area is 105 Å². The molecule has 2 rings (SSSR count). The zero-order valence-corrected chi connectivity index (χ0v) is 10.3. The molecule has 1 aliphatic heterocycles. The number of hydrogen-bond acceptors (Lipinski definition) is 4. The fourth-order valence-electron chi connectivity index (χ4n) is 1.85. The number of nitrogens with zero attached hydrogens (tertiary/aromatic N) is 3. The third-order valence-electron chi connectivity index (χ3n) is 2.89. The van der Waals surface area contributed by atoms with Crippen molar-refractivity contribution in [2.24, 2.45) is 7.05 Å². The minimum atomic E-state index is -0.328. The number of amides is 2. The van der Waals surface area contributed by atoms with Gasteiger partial charge in [-0.05, 0) is 0 Å². The van der Waals surface area contributed by atoms with Crippen LogP contribution in [0.25, 0.3) is 0 Å². The molecule has 7 heteroatoms. The topological polar surface area (TPSA) is 79.3 Å². The highest BCUT2D eigenvalue weighted by molar-refractivity contribution is 5.93. The molecule has 1 saturated heterocycles. The van der Waals surface area contributed by atoms with E-state index in [0.29, 0.717) is 18.9 Å². The van der Waals surface area contributed by atoms with E-state index in [-0.39, 0.29) is 18.4 Å². The van der Waals surface area contributed by atoms with E-state index < -0.39 is 0 Å². The first-order valence-electron chi connectivity index (χ1n) is 5.92. The Morgan fingerprint density at radius 3 is 2.78 bits per heavy atom. The first-order valence-corrected chi connectivity index (χ1v) is 5.92. The number of aryl methyl sites for hydroxylation is 1. The lowest BCUT2D eigenvalue weighted by Crippen LogP contribution is -2.49. The van der Waals surface area contributed by atoms with Crippen LogP contribution in [0.15, 0.2) is 12.4 Å². The van der Waals surface area contributed by atoms with Crippen LogP contribution in [0.1, 0.15) is 10.6 Å². The molecule has 0 saturated carbocycles. The molecule has 0 atom stereocenters. The van der Waals surface area contributed by atoms with Crippen molar-refractivity contribution >= 4 is 11.8 Å². The first-order chi connectivity index (χ1) is 8.68. The highest BCUT2D eigenvalue weighted by Crippen LogP contribution is 1.95. The van der Waals surface area contributed by atoms with Crippen LogP contribution in [-0.4, -0.2) is 59.0 Å². The highest BCUT2D eigenvalue weighted by atomic mass is 16.2. The van der Waals surface area contributed by atoms with E-state index in [1.165, 1.54) is 0 Å². The molecule has 1 aromatic heterocycles. The smallest absolute Gasteiger partial charge is 0.287 e. The molecule has 1 fully saturated rings. The summed E-state index contributed by atoms with van der Waals surface area (Å²) in [4.78, 5) is 29.2.